The molecule has 0 amide bonds. The minimum Gasteiger partial charge on any atom is -0.451 e. The Morgan fingerprint density at radius 1 is 0.558 bits per heavy atom. The summed E-state index contributed by atoms with van der Waals surface area (Å²) < 4.78 is 10.4. The van der Waals surface area contributed by atoms with Gasteiger partial charge in [-0.2, -0.15) is 0 Å². The molecule has 0 saturated carbocycles. The van der Waals surface area contributed by atoms with Crippen LogP contribution in [0.3, 0.4) is 0 Å². The molecule has 0 fully saturated rings. The van der Waals surface area contributed by atoms with E-state index in [0.29, 0.717) is 0 Å². The fraction of sp³-hybridized carbons (Fsp3) is 0.156. The SMILES string of the molecule is C#Cc1ccc(N(c2ccc(CCCc3ccc(-c4ccc(COC(=O)C#CNC)cc4)cc3)cc2)c2ccc(COC(=O)C#CNC)cc2)cc1. The highest BCUT2D eigenvalue weighted by Gasteiger charge is 2.13. The Kier molecular flexibility index (Phi) is 13.1. The molecule has 5 rings (SSSR count). The summed E-state index contributed by atoms with van der Waals surface area (Å²) in [4.78, 5) is 25.6. The number of carbonyl (C=O) groups excluding carboxylic acids is 2. The van der Waals surface area contributed by atoms with Gasteiger partial charge < -0.3 is 25.0 Å². The van der Waals surface area contributed by atoms with E-state index in [1.807, 2.05) is 72.8 Å². The molecule has 0 bridgehead atoms. The lowest BCUT2D eigenvalue weighted by molar-refractivity contribution is -0.138. The van der Waals surface area contributed by atoms with Crippen molar-refractivity contribution in [1.82, 2.24) is 10.6 Å². The number of hydrogen-bond donors (Lipinski definition) is 2. The van der Waals surface area contributed by atoms with Gasteiger partial charge in [0.25, 0.3) is 0 Å². The summed E-state index contributed by atoms with van der Waals surface area (Å²) in [7, 11) is 3.28. The smallest absolute Gasteiger partial charge is 0.386 e. The predicted octanol–water partition coefficient (Wildman–Crippen LogP) is 7.43. The molecular formula is C45H39N3O4. The van der Waals surface area contributed by atoms with E-state index in [1.54, 1.807) is 14.1 Å². The second kappa shape index (κ2) is 18.8. The average Bonchev–Trinajstić information content (AvgIpc) is 3.19. The second-order valence-corrected chi connectivity index (χ2v) is 11.8. The first-order valence-electron chi connectivity index (χ1n) is 16.9. The molecule has 258 valence electrons. The van der Waals surface area contributed by atoms with Crippen molar-refractivity contribution in [3.63, 3.8) is 0 Å². The van der Waals surface area contributed by atoms with Gasteiger partial charge in [-0.25, -0.2) is 9.59 Å². The molecule has 5 aromatic rings. The molecule has 0 aliphatic carbocycles. The van der Waals surface area contributed by atoms with E-state index in [4.69, 9.17) is 15.9 Å². The van der Waals surface area contributed by atoms with Crippen LogP contribution >= 0.6 is 0 Å². The van der Waals surface area contributed by atoms with E-state index in [1.165, 1.54) is 11.1 Å². The highest BCUT2D eigenvalue weighted by molar-refractivity contribution is 5.88. The molecule has 0 saturated heterocycles. The Morgan fingerprint density at radius 3 is 1.33 bits per heavy atom. The quantitative estimate of drug-likeness (QED) is 0.0804. The van der Waals surface area contributed by atoms with Gasteiger partial charge in [-0.15, -0.1) is 6.42 Å². The molecule has 5 aromatic carbocycles. The highest BCUT2D eigenvalue weighted by atomic mass is 16.5. The first-order valence-corrected chi connectivity index (χ1v) is 16.9. The van der Waals surface area contributed by atoms with Gasteiger partial charge in [-0.05, 0) is 101 Å². The number of terminal acetylenes is 1. The summed E-state index contributed by atoms with van der Waals surface area (Å²) in [6.07, 6.45) is 8.57. The lowest BCUT2D eigenvalue weighted by Crippen LogP contribution is -2.10. The minimum atomic E-state index is -0.583. The van der Waals surface area contributed by atoms with Gasteiger partial charge in [0.2, 0.25) is 0 Å². The van der Waals surface area contributed by atoms with E-state index in [9.17, 15) is 9.59 Å². The van der Waals surface area contributed by atoms with Crippen molar-refractivity contribution in [2.24, 2.45) is 0 Å². The van der Waals surface area contributed by atoms with E-state index in [0.717, 1.165) is 64.1 Å². The van der Waals surface area contributed by atoms with Crippen LogP contribution in [0.15, 0.2) is 121 Å². The minimum absolute atomic E-state index is 0.136. The number of aryl methyl sites for hydroxylation is 2. The third kappa shape index (κ3) is 10.6. The third-order valence-electron chi connectivity index (χ3n) is 8.17. The molecule has 0 atom stereocenters. The fourth-order valence-corrected chi connectivity index (χ4v) is 5.46. The van der Waals surface area contributed by atoms with Crippen molar-refractivity contribution in [3.05, 3.63) is 149 Å². The van der Waals surface area contributed by atoms with Crippen molar-refractivity contribution >= 4 is 29.0 Å². The van der Waals surface area contributed by atoms with Gasteiger partial charge >= 0.3 is 11.9 Å². The topological polar surface area (TPSA) is 79.9 Å². The van der Waals surface area contributed by atoms with Crippen LogP contribution in [-0.4, -0.2) is 26.0 Å². The zero-order chi connectivity index (χ0) is 36.5. The Balaban J connectivity index is 1.18. The van der Waals surface area contributed by atoms with Gasteiger partial charge in [-0.1, -0.05) is 78.7 Å². The Morgan fingerprint density at radius 2 is 0.923 bits per heavy atom. The maximum atomic E-state index is 11.8. The number of carbonyl (C=O) groups is 2. The number of hydrogen-bond acceptors (Lipinski definition) is 7. The number of esters is 2. The zero-order valence-electron chi connectivity index (χ0n) is 29.2. The normalized spacial score (nSPS) is 9.94. The second-order valence-electron chi connectivity index (χ2n) is 11.8. The van der Waals surface area contributed by atoms with Crippen LogP contribution in [0.5, 0.6) is 0 Å². The number of ether oxygens (including phenoxy) is 2. The van der Waals surface area contributed by atoms with E-state index >= 15 is 0 Å². The molecule has 0 aromatic heterocycles. The molecule has 0 unspecified atom stereocenters. The summed E-state index contributed by atoms with van der Waals surface area (Å²) in [6, 6.07) is 46.1. The number of nitrogens with one attached hydrogen (secondary N) is 2. The number of benzene rings is 5. The monoisotopic (exact) mass is 685 g/mol. The molecular weight excluding hydrogens is 647 g/mol. The Bertz CT molecular complexity index is 2110. The van der Waals surface area contributed by atoms with Gasteiger partial charge in [0.1, 0.15) is 13.2 Å². The van der Waals surface area contributed by atoms with Crippen LogP contribution < -0.4 is 15.5 Å². The standard InChI is InChI=1S/C45H39N3O4/c1-4-34-12-22-41(23-13-34)48(43-26-16-38(17-27-43)33-52-45(50)29-31-47-3)42-24-14-36(15-25-42)7-5-6-35-8-18-39(19-9-35)40-20-10-37(11-21-40)32-51-44(49)28-30-46-2/h1,8-27,46-47H,5-7,32-33H2,2-3H3. The van der Waals surface area contributed by atoms with Gasteiger partial charge in [-0.3, -0.25) is 0 Å². The molecule has 0 radical (unpaired) electrons. The maximum absolute atomic E-state index is 11.8. The number of anilines is 3. The maximum Gasteiger partial charge on any atom is 0.386 e. The summed E-state index contributed by atoms with van der Waals surface area (Å²) in [5, 5.41) is 5.19. The van der Waals surface area contributed by atoms with Crippen LogP contribution in [0.2, 0.25) is 0 Å². The van der Waals surface area contributed by atoms with Crippen molar-refractivity contribution < 1.29 is 19.1 Å². The van der Waals surface area contributed by atoms with E-state index in [2.05, 4.69) is 93.9 Å². The zero-order valence-corrected chi connectivity index (χ0v) is 29.2. The van der Waals surface area contributed by atoms with Crippen LogP contribution in [0.25, 0.3) is 11.1 Å². The van der Waals surface area contributed by atoms with Gasteiger partial charge in [0, 0.05) is 60.7 Å². The molecule has 52 heavy (non-hydrogen) atoms. The van der Waals surface area contributed by atoms with Crippen LogP contribution in [-0.2, 0) is 45.1 Å². The summed E-state index contributed by atoms with van der Waals surface area (Å²) in [6.45, 7) is 0.318. The van der Waals surface area contributed by atoms with Gasteiger partial charge in [0.15, 0.2) is 0 Å². The van der Waals surface area contributed by atoms with Crippen molar-refractivity contribution in [1.29, 1.82) is 0 Å². The lowest BCUT2D eigenvalue weighted by Gasteiger charge is -2.26. The molecule has 0 spiro atoms. The van der Waals surface area contributed by atoms with E-state index < -0.39 is 11.9 Å². The number of nitrogens with zero attached hydrogens (tertiary/aromatic N) is 1. The van der Waals surface area contributed by atoms with Crippen LogP contribution in [0.4, 0.5) is 17.1 Å². The Labute approximate surface area is 306 Å². The highest BCUT2D eigenvalue weighted by Crippen LogP contribution is 2.35. The average molecular weight is 686 g/mol. The van der Waals surface area contributed by atoms with Crippen molar-refractivity contribution in [3.8, 4) is 47.4 Å². The largest absolute Gasteiger partial charge is 0.451 e. The summed E-state index contributed by atoms with van der Waals surface area (Å²) >= 11 is 0. The first kappa shape index (κ1) is 36.4. The first-order chi connectivity index (χ1) is 25.4. The lowest BCUT2D eigenvalue weighted by atomic mass is 9.99. The van der Waals surface area contributed by atoms with Crippen molar-refractivity contribution in [2.45, 2.75) is 32.5 Å². The molecule has 7 nitrogen and oxygen atoms in total. The molecule has 2 N–H and O–H groups in total. The van der Waals surface area contributed by atoms with E-state index in [-0.39, 0.29) is 13.2 Å². The summed E-state index contributed by atoms with van der Waals surface area (Å²) in [5.74, 6) is 6.27. The third-order valence-corrected chi connectivity index (χ3v) is 8.17. The van der Waals surface area contributed by atoms with Gasteiger partial charge in [0.05, 0.1) is 0 Å². The summed E-state index contributed by atoms with van der Waals surface area (Å²) in [5.41, 5.74) is 10.3. The van der Waals surface area contributed by atoms with Crippen LogP contribution in [0, 0.1) is 36.3 Å². The molecule has 0 aliphatic rings. The molecule has 7 heteroatoms. The Hall–Kier alpha value is -6.88. The fourth-order valence-electron chi connectivity index (χ4n) is 5.46. The molecule has 0 heterocycles. The van der Waals surface area contributed by atoms with Crippen molar-refractivity contribution in [2.75, 3.05) is 19.0 Å². The predicted molar refractivity (Wildman–Crippen MR) is 206 cm³/mol. The van der Waals surface area contributed by atoms with Crippen LogP contribution in [0.1, 0.15) is 34.2 Å². The number of rotatable bonds is 12. The molecule has 0 aliphatic heterocycles.